The molecule has 0 heterocycles. The summed E-state index contributed by atoms with van der Waals surface area (Å²) in [5, 5.41) is 9.01. The number of hydrogen-bond donors (Lipinski definition) is 1. The lowest BCUT2D eigenvalue weighted by Gasteiger charge is -2.36. The second-order valence-electron chi connectivity index (χ2n) is 6.09. The van der Waals surface area contributed by atoms with Crippen molar-refractivity contribution in [3.63, 3.8) is 0 Å². The minimum atomic E-state index is -4.70. The number of carbonyl (C=O) groups is 1. The SMILES string of the molecule is C#Cc1ccc([C@H](N(CC#N)[C@@H](CC(C)C)C(N)=O)C(F)(F)F)cc1. The molecule has 0 saturated heterocycles. The maximum atomic E-state index is 13.8. The largest absolute Gasteiger partial charge is 0.408 e. The zero-order chi connectivity index (χ0) is 19.2. The molecule has 1 amide bonds. The number of rotatable bonds is 7. The number of benzene rings is 1. The van der Waals surface area contributed by atoms with E-state index in [-0.39, 0.29) is 17.9 Å². The van der Waals surface area contributed by atoms with Crippen LogP contribution in [0.2, 0.25) is 0 Å². The van der Waals surface area contributed by atoms with Gasteiger partial charge in [0.2, 0.25) is 5.91 Å². The van der Waals surface area contributed by atoms with Gasteiger partial charge in [0.1, 0.15) is 6.04 Å². The number of nitrogens with zero attached hydrogens (tertiary/aromatic N) is 2. The zero-order valence-electron chi connectivity index (χ0n) is 14.0. The summed E-state index contributed by atoms with van der Waals surface area (Å²) >= 11 is 0. The van der Waals surface area contributed by atoms with Gasteiger partial charge in [-0.15, -0.1) is 6.42 Å². The molecule has 2 atom stereocenters. The predicted molar refractivity (Wildman–Crippen MR) is 87.9 cm³/mol. The van der Waals surface area contributed by atoms with E-state index in [1.807, 2.05) is 0 Å². The molecule has 0 fully saturated rings. The molecular weight excluding hydrogens is 331 g/mol. The predicted octanol–water partition coefficient (Wildman–Crippen LogP) is 3.00. The average Bonchev–Trinajstić information content (AvgIpc) is 2.51. The third-order valence-corrected chi connectivity index (χ3v) is 3.71. The molecule has 1 aromatic carbocycles. The van der Waals surface area contributed by atoms with E-state index in [0.29, 0.717) is 5.56 Å². The van der Waals surface area contributed by atoms with Gasteiger partial charge in [-0.1, -0.05) is 31.9 Å². The lowest BCUT2D eigenvalue weighted by molar-refractivity contribution is -0.192. The summed E-state index contributed by atoms with van der Waals surface area (Å²) in [4.78, 5) is 12.6. The zero-order valence-corrected chi connectivity index (χ0v) is 14.0. The number of hydrogen-bond acceptors (Lipinski definition) is 3. The monoisotopic (exact) mass is 351 g/mol. The van der Waals surface area contributed by atoms with Gasteiger partial charge in [0.25, 0.3) is 0 Å². The second kappa shape index (κ2) is 8.55. The van der Waals surface area contributed by atoms with E-state index < -0.39 is 30.7 Å². The Labute approximate surface area is 145 Å². The number of nitrogens with two attached hydrogens (primary N) is 1. The number of carbonyl (C=O) groups excluding carboxylic acids is 1. The summed E-state index contributed by atoms with van der Waals surface area (Å²) < 4.78 is 41.3. The van der Waals surface area contributed by atoms with Crippen LogP contribution >= 0.6 is 0 Å². The minimum absolute atomic E-state index is 0.0728. The summed E-state index contributed by atoms with van der Waals surface area (Å²) in [6, 6.07) is 3.66. The van der Waals surface area contributed by atoms with Gasteiger partial charge in [-0.2, -0.15) is 18.4 Å². The van der Waals surface area contributed by atoms with Gasteiger partial charge in [0.15, 0.2) is 0 Å². The summed E-state index contributed by atoms with van der Waals surface area (Å²) in [7, 11) is 0. The number of halogens is 3. The Morgan fingerprint density at radius 2 is 1.88 bits per heavy atom. The first-order chi connectivity index (χ1) is 11.6. The first kappa shape index (κ1) is 20.5. The normalized spacial score (nSPS) is 14.0. The van der Waals surface area contributed by atoms with Gasteiger partial charge in [-0.05, 0) is 30.0 Å². The highest BCUT2D eigenvalue weighted by Crippen LogP contribution is 2.39. The van der Waals surface area contributed by atoms with E-state index in [9.17, 15) is 18.0 Å². The van der Waals surface area contributed by atoms with Crippen molar-refractivity contribution in [1.82, 2.24) is 4.90 Å². The molecule has 25 heavy (non-hydrogen) atoms. The molecule has 134 valence electrons. The van der Waals surface area contributed by atoms with Crippen LogP contribution in [0, 0.1) is 29.6 Å². The van der Waals surface area contributed by atoms with E-state index >= 15 is 0 Å². The lowest BCUT2D eigenvalue weighted by Crippen LogP contribution is -2.51. The Morgan fingerprint density at radius 3 is 2.24 bits per heavy atom. The summed E-state index contributed by atoms with van der Waals surface area (Å²) in [6.45, 7) is 2.96. The first-order valence-electron chi connectivity index (χ1n) is 7.67. The van der Waals surface area contributed by atoms with Crippen molar-refractivity contribution in [3.8, 4) is 18.4 Å². The second-order valence-corrected chi connectivity index (χ2v) is 6.09. The van der Waals surface area contributed by atoms with Gasteiger partial charge in [-0.25, -0.2) is 0 Å². The van der Waals surface area contributed by atoms with Gasteiger partial charge >= 0.3 is 6.18 Å². The molecule has 0 aromatic heterocycles. The Balaban J connectivity index is 3.42. The highest BCUT2D eigenvalue weighted by molar-refractivity contribution is 5.80. The summed E-state index contributed by atoms with van der Waals surface area (Å²) in [6.07, 6.45) is 0.647. The molecule has 0 aliphatic heterocycles. The maximum Gasteiger partial charge on any atom is 0.408 e. The molecule has 0 aliphatic rings. The fourth-order valence-electron chi connectivity index (χ4n) is 2.65. The van der Waals surface area contributed by atoms with Crippen molar-refractivity contribution in [2.45, 2.75) is 38.5 Å². The van der Waals surface area contributed by atoms with Crippen LogP contribution in [0.3, 0.4) is 0 Å². The van der Waals surface area contributed by atoms with Gasteiger partial charge in [0, 0.05) is 5.56 Å². The van der Waals surface area contributed by atoms with E-state index in [1.165, 1.54) is 24.3 Å². The molecule has 4 nitrogen and oxygen atoms in total. The number of amides is 1. The summed E-state index contributed by atoms with van der Waals surface area (Å²) in [5.41, 5.74) is 5.67. The summed E-state index contributed by atoms with van der Waals surface area (Å²) in [5.74, 6) is 1.37. The van der Waals surface area contributed by atoms with Crippen molar-refractivity contribution in [1.29, 1.82) is 5.26 Å². The van der Waals surface area contributed by atoms with Gasteiger partial charge in [0.05, 0.1) is 18.7 Å². The van der Waals surface area contributed by atoms with Crippen LogP contribution in [-0.2, 0) is 4.79 Å². The number of terminal acetylenes is 1. The standard InChI is InChI=1S/C18H20F3N3O/c1-4-13-5-7-14(8-6-13)16(18(19,20)21)24(10-9-22)15(17(23)25)11-12(2)3/h1,5-8,12,15-16H,10-11H2,2-3H3,(H2,23,25)/t15-,16-/m0/s1. The third-order valence-electron chi connectivity index (χ3n) is 3.71. The van der Waals surface area contributed by atoms with Crippen LogP contribution in [0.5, 0.6) is 0 Å². The molecule has 0 aliphatic carbocycles. The lowest BCUT2D eigenvalue weighted by atomic mass is 9.96. The van der Waals surface area contributed by atoms with Crippen LogP contribution in [-0.4, -0.2) is 29.6 Å². The molecule has 0 unspecified atom stereocenters. The van der Waals surface area contributed by atoms with Crippen molar-refractivity contribution in [2.24, 2.45) is 11.7 Å². The quantitative estimate of drug-likeness (QED) is 0.606. The van der Waals surface area contributed by atoms with Crippen LogP contribution in [0.25, 0.3) is 0 Å². The van der Waals surface area contributed by atoms with Gasteiger partial charge < -0.3 is 5.73 Å². The average molecular weight is 351 g/mol. The van der Waals surface area contributed by atoms with E-state index in [1.54, 1.807) is 19.9 Å². The van der Waals surface area contributed by atoms with Crippen LogP contribution < -0.4 is 5.73 Å². The van der Waals surface area contributed by atoms with Crippen molar-refractivity contribution < 1.29 is 18.0 Å². The number of primary amides is 1. The maximum absolute atomic E-state index is 13.8. The third kappa shape index (κ3) is 5.51. The Hall–Kier alpha value is -2.51. The smallest absolute Gasteiger partial charge is 0.368 e. The molecule has 0 bridgehead atoms. The van der Waals surface area contributed by atoms with Crippen molar-refractivity contribution in [3.05, 3.63) is 35.4 Å². The Morgan fingerprint density at radius 1 is 1.32 bits per heavy atom. The van der Waals surface area contributed by atoms with Crippen LogP contribution in [0.15, 0.2) is 24.3 Å². The molecular formula is C18H20F3N3O. The molecule has 1 aromatic rings. The Bertz CT molecular complexity index is 669. The molecule has 0 saturated carbocycles. The van der Waals surface area contributed by atoms with E-state index in [0.717, 1.165) is 4.90 Å². The van der Waals surface area contributed by atoms with Crippen molar-refractivity contribution in [2.75, 3.05) is 6.54 Å². The fourth-order valence-corrected chi connectivity index (χ4v) is 2.65. The Kier molecular flexibility index (Phi) is 7.02. The van der Waals surface area contributed by atoms with Crippen molar-refractivity contribution >= 4 is 5.91 Å². The number of alkyl halides is 3. The minimum Gasteiger partial charge on any atom is -0.368 e. The van der Waals surface area contributed by atoms with E-state index in [4.69, 9.17) is 17.4 Å². The molecule has 7 heteroatoms. The van der Waals surface area contributed by atoms with Gasteiger partial charge in [-0.3, -0.25) is 9.69 Å². The molecule has 0 spiro atoms. The molecule has 0 radical (unpaired) electrons. The highest BCUT2D eigenvalue weighted by atomic mass is 19.4. The van der Waals surface area contributed by atoms with Crippen LogP contribution in [0.4, 0.5) is 13.2 Å². The fraction of sp³-hybridized carbons (Fsp3) is 0.444. The van der Waals surface area contributed by atoms with Crippen LogP contribution in [0.1, 0.15) is 37.4 Å². The first-order valence-corrected chi connectivity index (χ1v) is 7.67. The molecule has 2 N–H and O–H groups in total. The number of nitriles is 1. The molecule has 1 rings (SSSR count). The topological polar surface area (TPSA) is 70.1 Å². The highest BCUT2D eigenvalue weighted by Gasteiger charge is 2.47. The van der Waals surface area contributed by atoms with E-state index in [2.05, 4.69) is 5.92 Å².